The van der Waals surface area contributed by atoms with E-state index in [9.17, 15) is 13.5 Å². The van der Waals surface area contributed by atoms with E-state index in [1.54, 1.807) is 19.1 Å². The maximum atomic E-state index is 12.4. The van der Waals surface area contributed by atoms with Gasteiger partial charge in [-0.25, -0.2) is 8.42 Å². The van der Waals surface area contributed by atoms with Gasteiger partial charge in [0.2, 0.25) is 0 Å². The number of nitrogens with zero attached hydrogens (tertiary/aromatic N) is 1. The highest BCUT2D eigenvalue weighted by Gasteiger charge is 2.24. The quantitative estimate of drug-likeness (QED) is 0.799. The molecule has 1 heterocycles. The van der Waals surface area contributed by atoms with Gasteiger partial charge in [-0.3, -0.25) is 9.82 Å². The van der Waals surface area contributed by atoms with Crippen molar-refractivity contribution in [1.82, 2.24) is 10.2 Å². The molecule has 0 radical (unpaired) electrons. The van der Waals surface area contributed by atoms with Gasteiger partial charge in [-0.05, 0) is 38.0 Å². The Bertz CT molecular complexity index is 735. The van der Waals surface area contributed by atoms with Crippen LogP contribution in [0.15, 0.2) is 23.1 Å². The maximum Gasteiger partial charge on any atom is 0.265 e. The first-order valence-electron chi connectivity index (χ1n) is 6.10. The van der Waals surface area contributed by atoms with Crippen LogP contribution in [0, 0.1) is 20.8 Å². The number of benzene rings is 1. The van der Waals surface area contributed by atoms with E-state index in [1.165, 1.54) is 0 Å². The van der Waals surface area contributed by atoms with E-state index >= 15 is 0 Å². The molecule has 6 nitrogen and oxygen atoms in total. The molecule has 0 aliphatic heterocycles. The second-order valence-electron chi connectivity index (χ2n) is 4.64. The first-order chi connectivity index (χ1) is 9.36. The highest BCUT2D eigenvalue weighted by Crippen LogP contribution is 2.24. The SMILES string of the molecule is Cc1cccc(NS(=O)(=O)c2c(CO)n[nH]c2C)c1C. The third-order valence-corrected chi connectivity index (χ3v) is 4.80. The van der Waals surface area contributed by atoms with Crippen LogP contribution in [0.5, 0.6) is 0 Å². The van der Waals surface area contributed by atoms with Crippen molar-refractivity contribution in [2.24, 2.45) is 0 Å². The molecule has 2 rings (SSSR count). The second kappa shape index (κ2) is 5.26. The summed E-state index contributed by atoms with van der Waals surface area (Å²) in [7, 11) is -3.79. The number of nitrogens with one attached hydrogen (secondary N) is 2. The average Bonchev–Trinajstić information content (AvgIpc) is 2.77. The van der Waals surface area contributed by atoms with E-state index < -0.39 is 16.6 Å². The molecule has 0 atom stereocenters. The summed E-state index contributed by atoms with van der Waals surface area (Å²) in [6.07, 6.45) is 0. The van der Waals surface area contributed by atoms with Crippen LogP contribution in [0.1, 0.15) is 22.5 Å². The molecule has 0 saturated carbocycles. The molecule has 0 spiro atoms. The van der Waals surface area contributed by atoms with Crippen LogP contribution in [-0.2, 0) is 16.6 Å². The molecule has 20 heavy (non-hydrogen) atoms. The van der Waals surface area contributed by atoms with Crippen LogP contribution in [-0.4, -0.2) is 23.7 Å². The minimum atomic E-state index is -3.79. The Balaban J connectivity index is 2.46. The molecule has 7 heteroatoms. The zero-order valence-electron chi connectivity index (χ0n) is 11.6. The summed E-state index contributed by atoms with van der Waals surface area (Å²) in [6, 6.07) is 5.40. The number of aryl methyl sites for hydroxylation is 2. The Morgan fingerprint density at radius 3 is 2.65 bits per heavy atom. The minimum Gasteiger partial charge on any atom is -0.390 e. The predicted octanol–water partition coefficient (Wildman–Crippen LogP) is 1.63. The summed E-state index contributed by atoms with van der Waals surface area (Å²) >= 11 is 0. The third kappa shape index (κ3) is 2.54. The van der Waals surface area contributed by atoms with Gasteiger partial charge >= 0.3 is 0 Å². The van der Waals surface area contributed by atoms with Crippen molar-refractivity contribution in [3.05, 3.63) is 40.7 Å². The van der Waals surface area contributed by atoms with Crippen molar-refractivity contribution >= 4 is 15.7 Å². The third-order valence-electron chi connectivity index (χ3n) is 3.23. The van der Waals surface area contributed by atoms with Gasteiger partial charge in [0, 0.05) is 0 Å². The van der Waals surface area contributed by atoms with E-state index in [-0.39, 0.29) is 10.6 Å². The number of hydrogen-bond acceptors (Lipinski definition) is 4. The average molecular weight is 295 g/mol. The normalized spacial score (nSPS) is 11.6. The van der Waals surface area contributed by atoms with Gasteiger partial charge in [-0.1, -0.05) is 12.1 Å². The van der Waals surface area contributed by atoms with Crippen LogP contribution < -0.4 is 4.72 Å². The first-order valence-corrected chi connectivity index (χ1v) is 7.59. The fourth-order valence-corrected chi connectivity index (χ4v) is 3.47. The molecule has 0 aliphatic rings. The van der Waals surface area contributed by atoms with Crippen LogP contribution in [0.3, 0.4) is 0 Å². The van der Waals surface area contributed by atoms with Gasteiger partial charge in [0.1, 0.15) is 10.6 Å². The van der Waals surface area contributed by atoms with E-state index in [2.05, 4.69) is 14.9 Å². The number of hydrogen-bond donors (Lipinski definition) is 3. The van der Waals surface area contributed by atoms with E-state index in [4.69, 9.17) is 0 Å². The number of sulfonamides is 1. The molecular formula is C13H17N3O3S. The Hall–Kier alpha value is -1.86. The lowest BCUT2D eigenvalue weighted by atomic mass is 10.1. The van der Waals surface area contributed by atoms with Crippen LogP contribution in [0.4, 0.5) is 5.69 Å². The number of aliphatic hydroxyl groups excluding tert-OH is 1. The highest BCUT2D eigenvalue weighted by atomic mass is 32.2. The Morgan fingerprint density at radius 2 is 2.00 bits per heavy atom. The summed E-state index contributed by atoms with van der Waals surface area (Å²) in [5.74, 6) is 0. The lowest BCUT2D eigenvalue weighted by molar-refractivity contribution is 0.273. The Labute approximate surface area is 117 Å². The van der Waals surface area contributed by atoms with Crippen molar-refractivity contribution in [2.45, 2.75) is 32.3 Å². The molecule has 0 saturated heterocycles. The summed E-state index contributed by atoms with van der Waals surface area (Å²) in [5.41, 5.74) is 2.89. The van der Waals surface area contributed by atoms with Gasteiger partial charge in [0.15, 0.2) is 0 Å². The van der Waals surface area contributed by atoms with Crippen molar-refractivity contribution < 1.29 is 13.5 Å². The van der Waals surface area contributed by atoms with Crippen molar-refractivity contribution in [1.29, 1.82) is 0 Å². The molecule has 0 aliphatic carbocycles. The van der Waals surface area contributed by atoms with Gasteiger partial charge in [-0.2, -0.15) is 5.10 Å². The number of H-pyrrole nitrogens is 1. The monoisotopic (exact) mass is 295 g/mol. The Kier molecular flexibility index (Phi) is 3.82. The van der Waals surface area contributed by atoms with E-state index in [1.807, 2.05) is 19.9 Å². The number of rotatable bonds is 4. The number of aromatic amines is 1. The number of anilines is 1. The van der Waals surface area contributed by atoms with Crippen molar-refractivity contribution in [3.8, 4) is 0 Å². The summed E-state index contributed by atoms with van der Waals surface area (Å²) in [4.78, 5) is 0.000839. The topological polar surface area (TPSA) is 95.1 Å². The van der Waals surface area contributed by atoms with Gasteiger partial charge < -0.3 is 5.11 Å². The molecule has 0 fully saturated rings. The van der Waals surface area contributed by atoms with Gasteiger partial charge in [0.25, 0.3) is 10.0 Å². The van der Waals surface area contributed by atoms with Crippen LogP contribution >= 0.6 is 0 Å². The molecule has 2 aromatic rings. The van der Waals surface area contributed by atoms with Crippen molar-refractivity contribution in [3.63, 3.8) is 0 Å². The van der Waals surface area contributed by atoms with Gasteiger partial charge in [0.05, 0.1) is 18.0 Å². The summed E-state index contributed by atoms with van der Waals surface area (Å²) in [6.45, 7) is 4.93. The van der Waals surface area contributed by atoms with Crippen LogP contribution in [0.25, 0.3) is 0 Å². The lowest BCUT2D eigenvalue weighted by Gasteiger charge is -2.12. The lowest BCUT2D eigenvalue weighted by Crippen LogP contribution is -2.16. The van der Waals surface area contributed by atoms with E-state index in [0.717, 1.165) is 11.1 Å². The number of aliphatic hydroxyl groups is 1. The Morgan fingerprint density at radius 1 is 1.30 bits per heavy atom. The molecule has 0 bridgehead atoms. The second-order valence-corrected chi connectivity index (χ2v) is 6.25. The fourth-order valence-electron chi connectivity index (χ4n) is 1.99. The molecule has 0 amide bonds. The zero-order chi connectivity index (χ0) is 14.9. The fraction of sp³-hybridized carbons (Fsp3) is 0.308. The molecule has 1 aromatic heterocycles. The molecule has 108 valence electrons. The summed E-state index contributed by atoms with van der Waals surface area (Å²) < 4.78 is 27.4. The summed E-state index contributed by atoms with van der Waals surface area (Å²) in [5, 5.41) is 15.5. The zero-order valence-corrected chi connectivity index (χ0v) is 12.4. The predicted molar refractivity (Wildman–Crippen MR) is 76.0 cm³/mol. The maximum absolute atomic E-state index is 12.4. The highest BCUT2D eigenvalue weighted by molar-refractivity contribution is 7.92. The molecule has 0 unspecified atom stereocenters. The standard InChI is InChI=1S/C13H17N3O3S/c1-8-5-4-6-11(9(8)2)16-20(18,19)13-10(3)14-15-12(13)7-17/h4-6,16-17H,7H2,1-3H3,(H,14,15). The van der Waals surface area contributed by atoms with Crippen molar-refractivity contribution in [2.75, 3.05) is 4.72 Å². The minimum absolute atomic E-state index is 0.000839. The first kappa shape index (κ1) is 14.5. The van der Waals surface area contributed by atoms with Gasteiger partial charge in [-0.15, -0.1) is 0 Å². The van der Waals surface area contributed by atoms with E-state index in [0.29, 0.717) is 11.4 Å². The molecular weight excluding hydrogens is 278 g/mol. The smallest absolute Gasteiger partial charge is 0.265 e. The number of aromatic nitrogens is 2. The largest absolute Gasteiger partial charge is 0.390 e. The van der Waals surface area contributed by atoms with Crippen LogP contribution in [0.2, 0.25) is 0 Å². The molecule has 3 N–H and O–H groups in total. The molecule has 1 aromatic carbocycles.